The molecule has 3 aromatic heterocycles. The zero-order valence-corrected chi connectivity index (χ0v) is 18.8. The minimum atomic E-state index is -4.59. The molecule has 5 aromatic rings. The van der Waals surface area contributed by atoms with Crippen molar-refractivity contribution in [2.45, 2.75) is 13.1 Å². The molecule has 36 heavy (non-hydrogen) atoms. The fourth-order valence-corrected chi connectivity index (χ4v) is 3.52. The van der Waals surface area contributed by atoms with Crippen LogP contribution in [-0.2, 0) is 6.18 Å². The number of nitrogens with zero attached hydrogens (tertiary/aromatic N) is 5. The molecule has 0 aliphatic carbocycles. The van der Waals surface area contributed by atoms with Crippen molar-refractivity contribution in [2.75, 3.05) is 5.32 Å². The van der Waals surface area contributed by atoms with E-state index in [4.69, 9.17) is 0 Å². The van der Waals surface area contributed by atoms with Gasteiger partial charge in [-0.25, -0.2) is 14.5 Å². The number of rotatable bonds is 3. The lowest BCUT2D eigenvalue weighted by atomic mass is 10.0. The molecule has 3 heterocycles. The third kappa shape index (κ3) is 4.81. The van der Waals surface area contributed by atoms with Gasteiger partial charge in [-0.1, -0.05) is 17.9 Å². The lowest BCUT2D eigenvalue weighted by Crippen LogP contribution is -2.14. The summed E-state index contributed by atoms with van der Waals surface area (Å²) in [5, 5.41) is 6.70. The van der Waals surface area contributed by atoms with Gasteiger partial charge in [-0.15, -0.1) is 0 Å². The molecule has 0 bridgehead atoms. The Morgan fingerprint density at radius 1 is 1.06 bits per heavy atom. The number of alkyl halides is 3. The third-order valence-corrected chi connectivity index (χ3v) is 5.39. The second-order valence-electron chi connectivity index (χ2n) is 7.95. The monoisotopic (exact) mass is 486 g/mol. The Morgan fingerprint density at radius 2 is 1.92 bits per heavy atom. The van der Waals surface area contributed by atoms with E-state index < -0.39 is 17.6 Å². The van der Waals surface area contributed by atoms with Gasteiger partial charge in [0.05, 0.1) is 23.7 Å². The number of nitrogens with one attached hydrogen (secondary N) is 1. The molecule has 0 saturated heterocycles. The van der Waals surface area contributed by atoms with E-state index in [1.54, 1.807) is 47.4 Å². The van der Waals surface area contributed by atoms with Crippen LogP contribution in [0.2, 0.25) is 0 Å². The van der Waals surface area contributed by atoms with E-state index in [1.165, 1.54) is 29.4 Å². The highest BCUT2D eigenvalue weighted by Gasteiger charge is 2.31. The van der Waals surface area contributed by atoms with Crippen molar-refractivity contribution >= 4 is 17.2 Å². The predicted octanol–water partition coefficient (Wildman–Crippen LogP) is 4.89. The largest absolute Gasteiger partial charge is 0.416 e. The topological polar surface area (TPSA) is 77.1 Å². The van der Waals surface area contributed by atoms with Gasteiger partial charge in [0.1, 0.15) is 0 Å². The molecular formula is C26H17F3N6O. The van der Waals surface area contributed by atoms with E-state index in [-0.39, 0.29) is 16.9 Å². The fourth-order valence-electron chi connectivity index (χ4n) is 3.52. The number of hydrogen-bond acceptors (Lipinski definition) is 4. The van der Waals surface area contributed by atoms with Gasteiger partial charge in [-0.3, -0.25) is 4.79 Å². The molecule has 1 amide bonds. The highest BCUT2D eigenvalue weighted by molar-refractivity contribution is 6.04. The quantitative estimate of drug-likeness (QED) is 0.368. The second kappa shape index (κ2) is 9.03. The molecule has 0 fully saturated rings. The molecule has 5 rings (SSSR count). The first-order valence-corrected chi connectivity index (χ1v) is 10.7. The van der Waals surface area contributed by atoms with Crippen molar-refractivity contribution in [2.24, 2.45) is 0 Å². The van der Waals surface area contributed by atoms with Crippen LogP contribution in [0, 0.1) is 18.8 Å². The van der Waals surface area contributed by atoms with Crippen LogP contribution in [0.3, 0.4) is 0 Å². The average molecular weight is 486 g/mol. The molecule has 2 aromatic carbocycles. The molecule has 0 unspecified atom stereocenters. The summed E-state index contributed by atoms with van der Waals surface area (Å²) >= 11 is 0. The highest BCUT2D eigenvalue weighted by Crippen LogP contribution is 2.33. The summed E-state index contributed by atoms with van der Waals surface area (Å²) in [6.45, 7) is 1.85. The molecule has 178 valence electrons. The van der Waals surface area contributed by atoms with Gasteiger partial charge in [-0.05, 0) is 42.8 Å². The second-order valence-corrected chi connectivity index (χ2v) is 7.95. The molecule has 0 atom stereocenters. The normalized spacial score (nSPS) is 11.2. The first-order chi connectivity index (χ1) is 17.3. The summed E-state index contributed by atoms with van der Waals surface area (Å²) in [7, 11) is 0. The maximum Gasteiger partial charge on any atom is 0.416 e. The Balaban J connectivity index is 1.43. The van der Waals surface area contributed by atoms with Crippen LogP contribution in [0.25, 0.3) is 11.3 Å². The van der Waals surface area contributed by atoms with Crippen molar-refractivity contribution in [1.29, 1.82) is 0 Å². The average Bonchev–Trinajstić information content (AvgIpc) is 3.55. The maximum atomic E-state index is 13.5. The van der Waals surface area contributed by atoms with Crippen LogP contribution in [-0.4, -0.2) is 30.1 Å². The molecule has 0 saturated carbocycles. The van der Waals surface area contributed by atoms with Crippen LogP contribution >= 0.6 is 0 Å². The Kier molecular flexibility index (Phi) is 5.74. The predicted molar refractivity (Wildman–Crippen MR) is 127 cm³/mol. The van der Waals surface area contributed by atoms with Crippen LogP contribution < -0.4 is 5.32 Å². The number of carbonyl (C=O) groups excluding carboxylic acids is 1. The van der Waals surface area contributed by atoms with E-state index in [1.807, 2.05) is 6.92 Å². The van der Waals surface area contributed by atoms with E-state index in [0.29, 0.717) is 16.8 Å². The first kappa shape index (κ1) is 22.9. The summed E-state index contributed by atoms with van der Waals surface area (Å²) in [4.78, 5) is 21.1. The van der Waals surface area contributed by atoms with Crippen LogP contribution in [0.15, 0.2) is 79.8 Å². The summed E-state index contributed by atoms with van der Waals surface area (Å²) < 4.78 is 43.5. The van der Waals surface area contributed by atoms with Crippen molar-refractivity contribution < 1.29 is 18.0 Å². The van der Waals surface area contributed by atoms with Gasteiger partial charge >= 0.3 is 6.18 Å². The standard InChI is InChI=1S/C26H17F3N6O/c1-17-2-4-20(10-19(17)5-3-18-14-31-24-6-7-32-35(24)15-18)25(36)33-22-11-21(26(27,28)29)12-23(13-22)34-9-8-30-16-34/h2,4,6-16H,1H3,(H,33,36). The van der Waals surface area contributed by atoms with Gasteiger partial charge in [0.15, 0.2) is 5.65 Å². The zero-order chi connectivity index (χ0) is 25.3. The number of benzene rings is 2. The fraction of sp³-hybridized carbons (Fsp3) is 0.0769. The molecule has 0 radical (unpaired) electrons. The molecular weight excluding hydrogens is 469 g/mol. The minimum absolute atomic E-state index is 0.00494. The van der Waals surface area contributed by atoms with E-state index in [9.17, 15) is 18.0 Å². The smallest absolute Gasteiger partial charge is 0.322 e. The minimum Gasteiger partial charge on any atom is -0.322 e. The molecule has 10 heteroatoms. The highest BCUT2D eigenvalue weighted by atomic mass is 19.4. The van der Waals surface area contributed by atoms with Crippen LogP contribution in [0.1, 0.15) is 32.6 Å². The number of aryl methyl sites for hydroxylation is 1. The van der Waals surface area contributed by atoms with E-state index in [0.717, 1.165) is 17.7 Å². The number of halogens is 3. The lowest BCUT2D eigenvalue weighted by Gasteiger charge is -2.14. The van der Waals surface area contributed by atoms with Crippen molar-refractivity contribution in [3.8, 4) is 17.5 Å². The summed E-state index contributed by atoms with van der Waals surface area (Å²) in [5.41, 5.74) is 2.37. The third-order valence-electron chi connectivity index (χ3n) is 5.39. The SMILES string of the molecule is Cc1ccc(C(=O)Nc2cc(-n3ccnc3)cc(C(F)(F)F)c2)cc1C#Cc1cnc2ccnn2c1. The van der Waals surface area contributed by atoms with Gasteiger partial charge in [-0.2, -0.15) is 18.3 Å². The van der Waals surface area contributed by atoms with Crippen molar-refractivity contribution in [1.82, 2.24) is 24.1 Å². The van der Waals surface area contributed by atoms with Crippen LogP contribution in [0.5, 0.6) is 0 Å². The number of carbonyl (C=O) groups is 1. The number of anilines is 1. The molecule has 0 aliphatic heterocycles. The van der Waals surface area contributed by atoms with E-state index >= 15 is 0 Å². The Bertz CT molecular complexity index is 1640. The number of aromatic nitrogens is 5. The van der Waals surface area contributed by atoms with Crippen molar-refractivity contribution in [3.63, 3.8) is 0 Å². The van der Waals surface area contributed by atoms with Gasteiger partial charge in [0.2, 0.25) is 0 Å². The molecule has 0 spiro atoms. The Labute approximate surface area is 203 Å². The maximum absolute atomic E-state index is 13.5. The summed E-state index contributed by atoms with van der Waals surface area (Å²) in [6.07, 6.45) is 4.77. The number of imidazole rings is 1. The zero-order valence-electron chi connectivity index (χ0n) is 18.8. The Hall–Kier alpha value is -4.91. The number of fused-ring (bicyclic) bond motifs is 1. The first-order valence-electron chi connectivity index (χ1n) is 10.7. The lowest BCUT2D eigenvalue weighted by molar-refractivity contribution is -0.137. The van der Waals surface area contributed by atoms with Gasteiger partial charge in [0.25, 0.3) is 5.91 Å². The molecule has 0 aliphatic rings. The summed E-state index contributed by atoms with van der Waals surface area (Å²) in [5.74, 6) is 5.48. The molecule has 7 nitrogen and oxygen atoms in total. The number of hydrogen-bond donors (Lipinski definition) is 1. The Morgan fingerprint density at radius 3 is 2.69 bits per heavy atom. The van der Waals surface area contributed by atoms with Crippen LogP contribution in [0.4, 0.5) is 18.9 Å². The van der Waals surface area contributed by atoms with E-state index in [2.05, 4.69) is 32.2 Å². The van der Waals surface area contributed by atoms with Gasteiger partial charge in [0, 0.05) is 53.4 Å². The van der Waals surface area contributed by atoms with Crippen molar-refractivity contribution in [3.05, 3.63) is 108 Å². The molecule has 1 N–H and O–H groups in total. The van der Waals surface area contributed by atoms with Gasteiger partial charge < -0.3 is 9.88 Å². The number of amides is 1. The summed E-state index contributed by atoms with van der Waals surface area (Å²) in [6, 6.07) is 10.0.